The van der Waals surface area contributed by atoms with Gasteiger partial charge >= 0.3 is 12.1 Å². The van der Waals surface area contributed by atoms with E-state index in [0.29, 0.717) is 12.8 Å². The zero-order valence-corrected chi connectivity index (χ0v) is 20.4. The van der Waals surface area contributed by atoms with Gasteiger partial charge in [0.25, 0.3) is 11.9 Å². The number of esters is 1. The second kappa shape index (κ2) is 9.72. The fraction of sp³-hybridized carbons (Fsp3) is 0.565. The average molecular weight is 524 g/mol. The quantitative estimate of drug-likeness (QED) is 0.481. The maximum Gasteiger partial charge on any atom is 0.435 e. The number of ether oxygens (including phenoxy) is 1. The van der Waals surface area contributed by atoms with Gasteiger partial charge in [-0.2, -0.15) is 23.3 Å². The summed E-state index contributed by atoms with van der Waals surface area (Å²) in [7, 11) is 0. The summed E-state index contributed by atoms with van der Waals surface area (Å²) in [6.45, 7) is 3.25. The van der Waals surface area contributed by atoms with E-state index in [0.717, 1.165) is 23.7 Å². The highest BCUT2D eigenvalue weighted by atomic mass is 19.4. The third kappa shape index (κ3) is 5.43. The first-order chi connectivity index (χ1) is 17.3. The second-order valence-electron chi connectivity index (χ2n) is 10.1. The van der Waals surface area contributed by atoms with Gasteiger partial charge in [0.05, 0.1) is 29.4 Å². The van der Waals surface area contributed by atoms with Crippen molar-refractivity contribution in [1.29, 1.82) is 0 Å². The van der Waals surface area contributed by atoms with Gasteiger partial charge in [-0.1, -0.05) is 20.3 Å². The molecular weight excluding hydrogens is 495 g/mol. The molecule has 200 valence electrons. The number of fused-ring (bicyclic) bond motifs is 1. The van der Waals surface area contributed by atoms with Crippen LogP contribution < -0.4 is 16.8 Å². The monoisotopic (exact) mass is 523 g/mol. The summed E-state index contributed by atoms with van der Waals surface area (Å²) < 4.78 is 47.8. The van der Waals surface area contributed by atoms with E-state index in [4.69, 9.17) is 16.2 Å². The van der Waals surface area contributed by atoms with Gasteiger partial charge in [0.1, 0.15) is 11.9 Å². The molecule has 37 heavy (non-hydrogen) atoms. The van der Waals surface area contributed by atoms with Gasteiger partial charge in [0, 0.05) is 12.6 Å². The minimum atomic E-state index is -4.87. The molecule has 0 aliphatic heterocycles. The zero-order valence-electron chi connectivity index (χ0n) is 20.4. The Labute approximate surface area is 210 Å². The molecule has 2 unspecified atom stereocenters. The molecule has 2 aromatic heterocycles. The number of hydrogen-bond acceptors (Lipinski definition) is 9. The molecule has 1 fully saturated rings. The number of anilines is 1. The number of Topliss-reactive ketones (excluding diaryl/α,β-unsaturated/α-hetero) is 1. The van der Waals surface area contributed by atoms with E-state index in [9.17, 15) is 27.6 Å². The SMILES string of the molecule is CC1(C)CC(=O)c2c(C(F)(F)F)nn(-c3ncc(C(N)=O)c(NC4CCCCC4OC(=O)CN)n3)c2C1. The number of hydrogen-bond donors (Lipinski definition) is 3. The maximum absolute atomic E-state index is 13.8. The highest BCUT2D eigenvalue weighted by Gasteiger charge is 2.46. The van der Waals surface area contributed by atoms with Crippen molar-refractivity contribution in [3.63, 3.8) is 0 Å². The van der Waals surface area contributed by atoms with Crippen molar-refractivity contribution in [2.75, 3.05) is 11.9 Å². The summed E-state index contributed by atoms with van der Waals surface area (Å²) in [6, 6.07) is -0.456. The van der Waals surface area contributed by atoms with Crippen LogP contribution in [0.15, 0.2) is 6.20 Å². The first-order valence-electron chi connectivity index (χ1n) is 11.9. The van der Waals surface area contributed by atoms with Crippen molar-refractivity contribution in [2.24, 2.45) is 16.9 Å². The molecule has 2 heterocycles. The lowest BCUT2D eigenvalue weighted by Crippen LogP contribution is -2.41. The van der Waals surface area contributed by atoms with Crippen LogP contribution in [0.1, 0.15) is 78.1 Å². The normalized spacial score (nSPS) is 21.3. The van der Waals surface area contributed by atoms with Crippen molar-refractivity contribution in [2.45, 2.75) is 70.7 Å². The van der Waals surface area contributed by atoms with E-state index < -0.39 is 52.7 Å². The summed E-state index contributed by atoms with van der Waals surface area (Å²) in [4.78, 5) is 45.0. The Hall–Kier alpha value is -3.55. The van der Waals surface area contributed by atoms with Crippen LogP contribution in [-0.2, 0) is 22.1 Å². The summed E-state index contributed by atoms with van der Waals surface area (Å²) in [6.07, 6.45) is -1.55. The molecule has 11 nitrogen and oxygen atoms in total. The molecule has 0 spiro atoms. The predicted molar refractivity (Wildman–Crippen MR) is 124 cm³/mol. The highest BCUT2D eigenvalue weighted by Crippen LogP contribution is 2.41. The van der Waals surface area contributed by atoms with Crippen LogP contribution in [-0.4, -0.2) is 56.1 Å². The summed E-state index contributed by atoms with van der Waals surface area (Å²) in [5.74, 6) is -2.43. The van der Waals surface area contributed by atoms with Gasteiger partial charge < -0.3 is 21.5 Å². The first-order valence-corrected chi connectivity index (χ1v) is 11.9. The van der Waals surface area contributed by atoms with Gasteiger partial charge in [-0.25, -0.2) is 9.67 Å². The number of amides is 1. The van der Waals surface area contributed by atoms with Gasteiger partial charge in [-0.05, 0) is 31.1 Å². The number of ketones is 1. The Kier molecular flexibility index (Phi) is 6.97. The first kappa shape index (κ1) is 26.5. The van der Waals surface area contributed by atoms with Crippen molar-refractivity contribution in [1.82, 2.24) is 19.7 Å². The van der Waals surface area contributed by atoms with Crippen molar-refractivity contribution in [3.05, 3.63) is 28.7 Å². The molecule has 0 radical (unpaired) electrons. The lowest BCUT2D eigenvalue weighted by molar-refractivity contribution is -0.149. The number of carbonyl (C=O) groups is 3. The van der Waals surface area contributed by atoms with Gasteiger partial charge in [0.15, 0.2) is 11.5 Å². The molecule has 2 aliphatic rings. The molecule has 1 amide bonds. The number of primary amides is 1. The Balaban J connectivity index is 1.79. The number of aromatic nitrogens is 4. The fourth-order valence-electron chi connectivity index (χ4n) is 4.87. The molecule has 2 aliphatic carbocycles. The van der Waals surface area contributed by atoms with Gasteiger partial charge in [0.2, 0.25) is 0 Å². The number of alkyl halides is 3. The van der Waals surface area contributed by atoms with Crippen LogP contribution in [0.2, 0.25) is 0 Å². The third-order valence-corrected chi connectivity index (χ3v) is 6.52. The number of nitrogens with two attached hydrogens (primary N) is 2. The highest BCUT2D eigenvalue weighted by molar-refractivity contribution is 6.00. The smallest absolute Gasteiger partial charge is 0.435 e. The van der Waals surface area contributed by atoms with Crippen LogP contribution >= 0.6 is 0 Å². The van der Waals surface area contributed by atoms with E-state index in [1.165, 1.54) is 0 Å². The molecule has 2 atom stereocenters. The Bertz CT molecular complexity index is 1240. The largest absolute Gasteiger partial charge is 0.459 e. The van der Waals surface area contributed by atoms with E-state index in [1.807, 2.05) is 0 Å². The molecule has 0 saturated heterocycles. The predicted octanol–water partition coefficient (Wildman–Crippen LogP) is 2.16. The molecule has 5 N–H and O–H groups in total. The van der Waals surface area contributed by atoms with Crippen LogP contribution in [0.5, 0.6) is 0 Å². The van der Waals surface area contributed by atoms with Crippen molar-refractivity contribution in [3.8, 4) is 5.95 Å². The molecule has 14 heteroatoms. The topological polar surface area (TPSA) is 168 Å². The van der Waals surface area contributed by atoms with Gasteiger partial charge in [-0.15, -0.1) is 0 Å². The lowest BCUT2D eigenvalue weighted by atomic mass is 9.75. The van der Waals surface area contributed by atoms with Crippen LogP contribution in [0.4, 0.5) is 19.0 Å². The van der Waals surface area contributed by atoms with E-state index in [2.05, 4.69) is 20.4 Å². The standard InChI is InChI=1S/C23H28F3N7O4/c1-22(2)7-13-17(14(34)8-22)18(23(24,25)26)32-33(13)21-29-10-11(19(28)36)20(31-21)30-12-5-3-4-6-15(12)37-16(35)9-27/h10,12,15H,3-9,27H2,1-2H3,(H2,28,36)(H,29,30,31). The molecule has 0 bridgehead atoms. The lowest BCUT2D eigenvalue weighted by Gasteiger charge is -2.32. The van der Waals surface area contributed by atoms with Crippen LogP contribution in [0.25, 0.3) is 5.95 Å². The number of rotatable bonds is 6. The van der Waals surface area contributed by atoms with Crippen LogP contribution in [0.3, 0.4) is 0 Å². The molecule has 4 rings (SSSR count). The second-order valence-corrected chi connectivity index (χ2v) is 10.1. The number of nitrogens with one attached hydrogen (secondary N) is 1. The van der Waals surface area contributed by atoms with E-state index in [1.54, 1.807) is 13.8 Å². The summed E-state index contributed by atoms with van der Waals surface area (Å²) in [5, 5.41) is 6.76. The maximum atomic E-state index is 13.8. The van der Waals surface area contributed by atoms with Crippen molar-refractivity contribution >= 4 is 23.5 Å². The zero-order chi connectivity index (χ0) is 27.1. The number of halogens is 3. The minimum Gasteiger partial charge on any atom is -0.459 e. The third-order valence-electron chi connectivity index (χ3n) is 6.52. The molecule has 1 saturated carbocycles. The minimum absolute atomic E-state index is 0.0405. The van der Waals surface area contributed by atoms with Crippen molar-refractivity contribution < 1.29 is 32.3 Å². The number of nitrogens with zero attached hydrogens (tertiary/aromatic N) is 4. The Morgan fingerprint density at radius 3 is 2.59 bits per heavy atom. The average Bonchev–Trinajstić information content (AvgIpc) is 3.19. The molecule has 2 aromatic rings. The Morgan fingerprint density at radius 1 is 1.24 bits per heavy atom. The summed E-state index contributed by atoms with van der Waals surface area (Å²) in [5.41, 5.74) is 8.38. The van der Waals surface area contributed by atoms with E-state index in [-0.39, 0.29) is 42.4 Å². The fourth-order valence-corrected chi connectivity index (χ4v) is 4.87. The summed E-state index contributed by atoms with van der Waals surface area (Å²) >= 11 is 0. The Morgan fingerprint density at radius 2 is 1.95 bits per heavy atom. The number of carbonyl (C=O) groups excluding carboxylic acids is 3. The molecule has 0 aromatic carbocycles. The van der Waals surface area contributed by atoms with Crippen LogP contribution in [0, 0.1) is 5.41 Å². The van der Waals surface area contributed by atoms with E-state index >= 15 is 0 Å². The molecular formula is C23H28F3N7O4. The van der Waals surface area contributed by atoms with Gasteiger partial charge in [-0.3, -0.25) is 14.4 Å².